The van der Waals surface area contributed by atoms with Crippen molar-refractivity contribution in [2.24, 2.45) is 0 Å². The van der Waals surface area contributed by atoms with Gasteiger partial charge in [0.25, 0.3) is 5.79 Å². The topological polar surface area (TPSA) is 79.8 Å². The summed E-state index contributed by atoms with van der Waals surface area (Å²) in [6.07, 6.45) is 2.74. The summed E-state index contributed by atoms with van der Waals surface area (Å²) in [4.78, 5) is 12.1. The first-order valence-electron chi connectivity index (χ1n) is 9.04. The predicted molar refractivity (Wildman–Crippen MR) is 97.3 cm³/mol. The van der Waals surface area contributed by atoms with E-state index in [1.54, 1.807) is 30.3 Å². The van der Waals surface area contributed by atoms with Crippen LogP contribution in [-0.4, -0.2) is 23.5 Å². The van der Waals surface area contributed by atoms with Crippen LogP contribution in [0, 0.1) is 5.82 Å². The zero-order valence-electron chi connectivity index (χ0n) is 14.7. The van der Waals surface area contributed by atoms with E-state index in [0.29, 0.717) is 17.2 Å². The summed E-state index contributed by atoms with van der Waals surface area (Å²) in [6.45, 7) is -0.111. The summed E-state index contributed by atoms with van der Waals surface area (Å²) in [7, 11) is 0. The normalized spacial score (nSPS) is 17.7. The van der Waals surface area contributed by atoms with Gasteiger partial charge in [0.1, 0.15) is 5.82 Å². The summed E-state index contributed by atoms with van der Waals surface area (Å²) < 4.78 is 25.6. The van der Waals surface area contributed by atoms with E-state index in [-0.39, 0.29) is 12.1 Å². The molecule has 2 aromatic carbocycles. The van der Waals surface area contributed by atoms with Crippen molar-refractivity contribution in [3.05, 3.63) is 53.8 Å². The van der Waals surface area contributed by atoms with Gasteiger partial charge in [-0.15, -0.1) is 0 Å². The third-order valence-corrected chi connectivity index (χ3v) is 4.88. The lowest BCUT2D eigenvalue weighted by atomic mass is 10.1. The minimum Gasteiger partial charge on any atom is -0.448 e. The molecule has 0 radical (unpaired) electrons. The fourth-order valence-corrected chi connectivity index (χ4v) is 3.51. The Hall–Kier alpha value is -2.80. The number of carbonyl (C=O) groups is 1. The number of hydrogen-bond acceptors (Lipinski definition) is 4. The number of urea groups is 1. The first kappa shape index (κ1) is 17.6. The summed E-state index contributed by atoms with van der Waals surface area (Å²) in [5, 5.41) is 15.3. The molecule has 1 atom stereocenters. The lowest BCUT2D eigenvalue weighted by Gasteiger charge is -2.21. The van der Waals surface area contributed by atoms with E-state index in [0.717, 1.165) is 25.7 Å². The fraction of sp³-hybridized carbons (Fsp3) is 0.350. The van der Waals surface area contributed by atoms with Crippen molar-refractivity contribution in [1.29, 1.82) is 0 Å². The van der Waals surface area contributed by atoms with Crippen LogP contribution >= 0.6 is 0 Å². The minimum atomic E-state index is -1.13. The molecule has 2 aromatic rings. The highest BCUT2D eigenvalue weighted by atomic mass is 19.1. The quantitative estimate of drug-likeness (QED) is 0.764. The summed E-state index contributed by atoms with van der Waals surface area (Å²) in [6, 6.07) is 10.6. The largest absolute Gasteiger partial charge is 0.448 e. The number of aliphatic hydroxyl groups excluding tert-OH is 1. The second-order valence-corrected chi connectivity index (χ2v) is 6.86. The standard InChI is InChI=1S/C20H21FN2O4/c21-15-6-2-1-5-14(15)16(24)12-22-19(25)23-13-7-8-17-18(11-13)27-20(26-17)9-3-4-10-20/h1-2,5-8,11,16,24H,3-4,9-10,12H2,(H2,22,23,25). The molecule has 7 heteroatoms. The Bertz CT molecular complexity index is 852. The molecule has 1 spiro atoms. The molecule has 4 rings (SSSR count). The number of halogens is 1. The monoisotopic (exact) mass is 372 g/mol. The van der Waals surface area contributed by atoms with Gasteiger partial charge in [-0.3, -0.25) is 0 Å². The van der Waals surface area contributed by atoms with Crippen molar-refractivity contribution in [3.63, 3.8) is 0 Å². The molecule has 0 saturated heterocycles. The lowest BCUT2D eigenvalue weighted by molar-refractivity contribution is -0.0716. The van der Waals surface area contributed by atoms with Gasteiger partial charge < -0.3 is 25.2 Å². The van der Waals surface area contributed by atoms with Crippen molar-refractivity contribution in [2.75, 3.05) is 11.9 Å². The van der Waals surface area contributed by atoms with Gasteiger partial charge in [-0.2, -0.15) is 0 Å². The molecule has 0 aromatic heterocycles. The Morgan fingerprint density at radius 2 is 1.89 bits per heavy atom. The average Bonchev–Trinajstić information content (AvgIpc) is 3.25. The SMILES string of the molecule is O=C(NCC(O)c1ccccc1F)Nc1ccc2c(c1)OC1(CCCC1)O2. The van der Waals surface area contributed by atoms with Crippen molar-refractivity contribution >= 4 is 11.7 Å². The molecular formula is C20H21FN2O4. The number of fused-ring (bicyclic) bond motifs is 1. The molecule has 1 fully saturated rings. The van der Waals surface area contributed by atoms with E-state index in [1.165, 1.54) is 12.1 Å². The van der Waals surface area contributed by atoms with Crippen molar-refractivity contribution in [1.82, 2.24) is 5.32 Å². The molecule has 1 heterocycles. The van der Waals surface area contributed by atoms with Crippen LogP contribution in [0.25, 0.3) is 0 Å². The smallest absolute Gasteiger partial charge is 0.319 e. The van der Waals surface area contributed by atoms with E-state index < -0.39 is 23.7 Å². The van der Waals surface area contributed by atoms with Crippen molar-refractivity contribution in [2.45, 2.75) is 37.6 Å². The van der Waals surface area contributed by atoms with Gasteiger partial charge in [-0.25, -0.2) is 9.18 Å². The highest BCUT2D eigenvalue weighted by Gasteiger charge is 2.44. The lowest BCUT2D eigenvalue weighted by Crippen LogP contribution is -2.34. The van der Waals surface area contributed by atoms with E-state index in [1.807, 2.05) is 0 Å². The van der Waals surface area contributed by atoms with Crippen LogP contribution in [-0.2, 0) is 0 Å². The van der Waals surface area contributed by atoms with Crippen molar-refractivity contribution in [3.8, 4) is 11.5 Å². The summed E-state index contributed by atoms with van der Waals surface area (Å²) >= 11 is 0. The molecule has 27 heavy (non-hydrogen) atoms. The first-order chi connectivity index (χ1) is 13.0. The molecule has 142 valence electrons. The van der Waals surface area contributed by atoms with E-state index in [2.05, 4.69) is 10.6 Å². The highest BCUT2D eigenvalue weighted by Crippen LogP contribution is 2.47. The Balaban J connectivity index is 1.34. The molecule has 1 aliphatic heterocycles. The Kier molecular flexibility index (Phi) is 4.61. The van der Waals surface area contributed by atoms with Crippen molar-refractivity contribution < 1.29 is 23.8 Å². The third-order valence-electron chi connectivity index (χ3n) is 4.88. The summed E-state index contributed by atoms with van der Waals surface area (Å²) in [5.41, 5.74) is 0.688. The Morgan fingerprint density at radius 3 is 2.67 bits per heavy atom. The molecule has 1 unspecified atom stereocenters. The third kappa shape index (κ3) is 3.68. The minimum absolute atomic E-state index is 0.111. The zero-order valence-corrected chi connectivity index (χ0v) is 14.7. The number of carbonyl (C=O) groups excluding carboxylic acids is 1. The predicted octanol–water partition coefficient (Wildman–Crippen LogP) is 3.72. The van der Waals surface area contributed by atoms with Gasteiger partial charge in [0.15, 0.2) is 11.5 Å². The van der Waals surface area contributed by atoms with Crippen LogP contribution in [0.15, 0.2) is 42.5 Å². The Morgan fingerprint density at radius 1 is 1.15 bits per heavy atom. The molecule has 2 amide bonds. The second kappa shape index (κ2) is 7.08. The maximum absolute atomic E-state index is 13.6. The van der Waals surface area contributed by atoms with Gasteiger partial charge in [0.2, 0.25) is 0 Å². The molecule has 0 bridgehead atoms. The van der Waals surface area contributed by atoms with E-state index in [4.69, 9.17) is 9.47 Å². The van der Waals surface area contributed by atoms with Crippen LogP contribution in [0.1, 0.15) is 37.4 Å². The second-order valence-electron chi connectivity index (χ2n) is 6.86. The molecule has 3 N–H and O–H groups in total. The number of rotatable bonds is 4. The van der Waals surface area contributed by atoms with Gasteiger partial charge >= 0.3 is 6.03 Å². The average molecular weight is 372 g/mol. The maximum atomic E-state index is 13.6. The number of aliphatic hydroxyl groups is 1. The van der Waals surface area contributed by atoms with Crippen LogP contribution in [0.3, 0.4) is 0 Å². The molecule has 1 aliphatic carbocycles. The van der Waals surface area contributed by atoms with Crippen LogP contribution in [0.4, 0.5) is 14.9 Å². The fourth-order valence-electron chi connectivity index (χ4n) is 3.51. The highest BCUT2D eigenvalue weighted by molar-refractivity contribution is 5.89. The molecule has 1 saturated carbocycles. The number of nitrogens with one attached hydrogen (secondary N) is 2. The van der Waals surface area contributed by atoms with Crippen LogP contribution in [0.2, 0.25) is 0 Å². The van der Waals surface area contributed by atoms with Crippen LogP contribution in [0.5, 0.6) is 11.5 Å². The van der Waals surface area contributed by atoms with Gasteiger partial charge in [0, 0.05) is 36.7 Å². The van der Waals surface area contributed by atoms with Gasteiger partial charge in [-0.1, -0.05) is 18.2 Å². The molecular weight excluding hydrogens is 351 g/mol. The van der Waals surface area contributed by atoms with E-state index >= 15 is 0 Å². The summed E-state index contributed by atoms with van der Waals surface area (Å²) in [5.74, 6) is 0.232. The van der Waals surface area contributed by atoms with Gasteiger partial charge in [-0.05, 0) is 31.0 Å². The first-order valence-corrected chi connectivity index (χ1v) is 9.04. The Labute approximate surface area is 156 Å². The maximum Gasteiger partial charge on any atom is 0.319 e. The molecule has 2 aliphatic rings. The van der Waals surface area contributed by atoms with Crippen LogP contribution < -0.4 is 20.1 Å². The van der Waals surface area contributed by atoms with Gasteiger partial charge in [0.05, 0.1) is 6.10 Å². The van der Waals surface area contributed by atoms with E-state index in [9.17, 15) is 14.3 Å². The zero-order chi connectivity index (χ0) is 18.9. The number of hydrogen-bond donors (Lipinski definition) is 3. The number of benzene rings is 2. The number of anilines is 1. The molecule has 6 nitrogen and oxygen atoms in total. The number of ether oxygens (including phenoxy) is 2. The number of amides is 2.